The van der Waals surface area contributed by atoms with Crippen molar-refractivity contribution in [2.45, 2.75) is 0 Å². The summed E-state index contributed by atoms with van der Waals surface area (Å²) in [4.78, 5) is 18.1. The van der Waals surface area contributed by atoms with Gasteiger partial charge >= 0.3 is 0 Å². The van der Waals surface area contributed by atoms with E-state index in [4.69, 9.17) is 10.1 Å². The van der Waals surface area contributed by atoms with Crippen LogP contribution in [0.25, 0.3) is 16.9 Å². The molecule has 124 valence electrons. The topological polar surface area (TPSA) is 69.8 Å². The van der Waals surface area contributed by atoms with Gasteiger partial charge in [0.1, 0.15) is 0 Å². The van der Waals surface area contributed by atoms with Gasteiger partial charge in [0.05, 0.1) is 12.3 Å². The molecule has 0 radical (unpaired) electrons. The monoisotopic (exact) mass is 324 g/mol. The molecule has 0 atom stereocenters. The molecule has 4 heterocycles. The van der Waals surface area contributed by atoms with Crippen molar-refractivity contribution in [1.82, 2.24) is 24.3 Å². The second-order valence-electron chi connectivity index (χ2n) is 5.90. The van der Waals surface area contributed by atoms with Crippen LogP contribution < -0.4 is 4.90 Å². The van der Waals surface area contributed by atoms with Crippen LogP contribution >= 0.6 is 0 Å². The second kappa shape index (κ2) is 6.54. The zero-order valence-electron chi connectivity index (χ0n) is 13.4. The van der Waals surface area contributed by atoms with Crippen molar-refractivity contribution in [1.29, 1.82) is 0 Å². The molecule has 0 saturated carbocycles. The molecule has 1 fully saturated rings. The van der Waals surface area contributed by atoms with Gasteiger partial charge in [0, 0.05) is 69.3 Å². The molecule has 1 aliphatic heterocycles. The van der Waals surface area contributed by atoms with E-state index >= 15 is 0 Å². The number of hydrogen-bond donors (Lipinski definition) is 1. The van der Waals surface area contributed by atoms with Gasteiger partial charge in [-0.15, -0.1) is 0 Å². The van der Waals surface area contributed by atoms with E-state index in [1.807, 2.05) is 35.1 Å². The maximum atomic E-state index is 9.09. The van der Waals surface area contributed by atoms with Crippen molar-refractivity contribution in [3.63, 3.8) is 0 Å². The third-order valence-corrected chi connectivity index (χ3v) is 4.40. The lowest BCUT2D eigenvalue weighted by molar-refractivity contribution is 0.188. The highest BCUT2D eigenvalue weighted by atomic mass is 16.3. The maximum Gasteiger partial charge on any atom is 0.180 e. The van der Waals surface area contributed by atoms with Crippen LogP contribution in [0.3, 0.4) is 0 Å². The minimum Gasteiger partial charge on any atom is -0.395 e. The fourth-order valence-corrected chi connectivity index (χ4v) is 3.11. The quantitative estimate of drug-likeness (QED) is 0.769. The lowest BCUT2D eigenvalue weighted by Crippen LogP contribution is -2.47. The lowest BCUT2D eigenvalue weighted by atomic mass is 10.2. The van der Waals surface area contributed by atoms with Gasteiger partial charge in [-0.3, -0.25) is 9.88 Å². The molecule has 3 aromatic rings. The standard InChI is InChI=1S/C17H20N6O/c24-11-10-21-6-8-22(9-7-21)17-16-19-4-5-23(16)13-15(20-17)14-2-1-3-18-12-14/h1-5,12-13,24H,6-11H2. The van der Waals surface area contributed by atoms with E-state index in [9.17, 15) is 0 Å². The Morgan fingerprint density at radius 3 is 2.75 bits per heavy atom. The summed E-state index contributed by atoms with van der Waals surface area (Å²) in [5.74, 6) is 0.907. The smallest absolute Gasteiger partial charge is 0.180 e. The Bertz CT molecular complexity index is 810. The molecule has 0 bridgehead atoms. The van der Waals surface area contributed by atoms with Crippen molar-refractivity contribution in [2.75, 3.05) is 44.2 Å². The summed E-state index contributed by atoms with van der Waals surface area (Å²) in [7, 11) is 0. The average molecular weight is 324 g/mol. The van der Waals surface area contributed by atoms with Crippen molar-refractivity contribution < 1.29 is 5.11 Å². The third-order valence-electron chi connectivity index (χ3n) is 4.40. The zero-order chi connectivity index (χ0) is 16.4. The van der Waals surface area contributed by atoms with Gasteiger partial charge in [-0.2, -0.15) is 0 Å². The van der Waals surface area contributed by atoms with E-state index in [0.29, 0.717) is 0 Å². The molecular weight excluding hydrogens is 304 g/mol. The summed E-state index contributed by atoms with van der Waals surface area (Å²) in [6.45, 7) is 4.55. The normalized spacial score (nSPS) is 16.0. The molecule has 0 unspecified atom stereocenters. The summed E-state index contributed by atoms with van der Waals surface area (Å²) in [5.41, 5.74) is 2.76. The third kappa shape index (κ3) is 2.83. The molecule has 0 spiro atoms. The predicted molar refractivity (Wildman–Crippen MR) is 92.0 cm³/mol. The number of nitrogens with zero attached hydrogens (tertiary/aromatic N) is 6. The number of aromatic nitrogens is 4. The summed E-state index contributed by atoms with van der Waals surface area (Å²) in [5, 5.41) is 9.09. The Morgan fingerprint density at radius 2 is 2.00 bits per heavy atom. The van der Waals surface area contributed by atoms with E-state index in [1.54, 1.807) is 12.4 Å². The number of rotatable bonds is 4. The maximum absolute atomic E-state index is 9.09. The van der Waals surface area contributed by atoms with Gasteiger partial charge in [-0.1, -0.05) is 0 Å². The van der Waals surface area contributed by atoms with Crippen LogP contribution in [-0.4, -0.2) is 68.7 Å². The predicted octanol–water partition coefficient (Wildman–Crippen LogP) is 0.906. The minimum absolute atomic E-state index is 0.208. The summed E-state index contributed by atoms with van der Waals surface area (Å²) in [6, 6.07) is 3.93. The van der Waals surface area contributed by atoms with Crippen LogP contribution in [0.4, 0.5) is 5.82 Å². The van der Waals surface area contributed by atoms with Crippen molar-refractivity contribution >= 4 is 11.5 Å². The number of aliphatic hydroxyl groups is 1. The van der Waals surface area contributed by atoms with Crippen LogP contribution in [0, 0.1) is 0 Å². The van der Waals surface area contributed by atoms with Gasteiger partial charge in [0.2, 0.25) is 0 Å². The Morgan fingerprint density at radius 1 is 1.12 bits per heavy atom. The second-order valence-corrected chi connectivity index (χ2v) is 5.90. The van der Waals surface area contributed by atoms with Gasteiger partial charge in [0.15, 0.2) is 11.5 Å². The Balaban J connectivity index is 1.69. The van der Waals surface area contributed by atoms with Crippen molar-refractivity contribution in [3.8, 4) is 11.3 Å². The Labute approximate surface area is 140 Å². The zero-order valence-corrected chi connectivity index (χ0v) is 13.4. The number of pyridine rings is 1. The molecule has 0 amide bonds. The summed E-state index contributed by atoms with van der Waals surface area (Å²) >= 11 is 0. The molecule has 0 aliphatic carbocycles. The van der Waals surface area contributed by atoms with Gasteiger partial charge in [-0.25, -0.2) is 9.97 Å². The van der Waals surface area contributed by atoms with Crippen LogP contribution in [0.15, 0.2) is 43.1 Å². The van der Waals surface area contributed by atoms with Crippen molar-refractivity contribution in [2.24, 2.45) is 0 Å². The first-order chi connectivity index (χ1) is 11.8. The molecule has 24 heavy (non-hydrogen) atoms. The molecule has 0 aromatic carbocycles. The minimum atomic E-state index is 0.208. The molecular formula is C17H20N6O. The first kappa shape index (κ1) is 15.0. The molecule has 3 aromatic heterocycles. The highest BCUT2D eigenvalue weighted by Gasteiger charge is 2.21. The summed E-state index contributed by atoms with van der Waals surface area (Å²) < 4.78 is 2.02. The number of aliphatic hydroxyl groups excluding tert-OH is 1. The number of fused-ring (bicyclic) bond motifs is 1. The Kier molecular flexibility index (Phi) is 4.10. The molecule has 1 aliphatic rings. The van der Waals surface area contributed by atoms with Gasteiger partial charge in [0.25, 0.3) is 0 Å². The van der Waals surface area contributed by atoms with Crippen molar-refractivity contribution in [3.05, 3.63) is 43.1 Å². The fraction of sp³-hybridized carbons (Fsp3) is 0.353. The van der Waals surface area contributed by atoms with Crippen LogP contribution in [0.2, 0.25) is 0 Å². The molecule has 1 N–H and O–H groups in total. The summed E-state index contributed by atoms with van der Waals surface area (Å²) in [6.07, 6.45) is 9.33. The Hall–Kier alpha value is -2.51. The van der Waals surface area contributed by atoms with Gasteiger partial charge < -0.3 is 14.4 Å². The molecule has 7 heteroatoms. The molecule has 4 rings (SSSR count). The van der Waals surface area contributed by atoms with E-state index in [2.05, 4.69) is 19.8 Å². The van der Waals surface area contributed by atoms with E-state index in [-0.39, 0.29) is 6.61 Å². The first-order valence-corrected chi connectivity index (χ1v) is 8.17. The van der Waals surface area contributed by atoms with Crippen LogP contribution in [-0.2, 0) is 0 Å². The number of imidazole rings is 1. The van der Waals surface area contributed by atoms with E-state index in [1.165, 1.54) is 0 Å². The SMILES string of the molecule is OCCN1CCN(c2nc(-c3cccnc3)cn3ccnc23)CC1. The first-order valence-electron chi connectivity index (χ1n) is 8.17. The number of hydrogen-bond acceptors (Lipinski definition) is 6. The van der Waals surface area contributed by atoms with Crippen LogP contribution in [0.5, 0.6) is 0 Å². The molecule has 7 nitrogen and oxygen atoms in total. The van der Waals surface area contributed by atoms with Crippen LogP contribution in [0.1, 0.15) is 0 Å². The lowest BCUT2D eigenvalue weighted by Gasteiger charge is -2.35. The number of β-amino-alcohol motifs (C(OH)–C–C–N with tert-alkyl or cyclic N) is 1. The number of anilines is 1. The highest BCUT2D eigenvalue weighted by molar-refractivity contribution is 5.70. The fourth-order valence-electron chi connectivity index (χ4n) is 3.11. The number of piperazine rings is 1. The van der Waals surface area contributed by atoms with E-state index < -0.39 is 0 Å². The van der Waals surface area contributed by atoms with Gasteiger partial charge in [-0.05, 0) is 12.1 Å². The highest BCUT2D eigenvalue weighted by Crippen LogP contribution is 2.24. The average Bonchev–Trinajstić information content (AvgIpc) is 3.11. The largest absolute Gasteiger partial charge is 0.395 e. The van der Waals surface area contributed by atoms with E-state index in [0.717, 1.165) is 55.4 Å². The molecule has 1 saturated heterocycles.